The Kier molecular flexibility index (Phi) is 7.21. The molecule has 6 aromatic rings. The van der Waals surface area contributed by atoms with Gasteiger partial charge in [-0.15, -0.1) is 0 Å². The molecule has 0 bridgehead atoms. The molecule has 2 unspecified atom stereocenters. The van der Waals surface area contributed by atoms with Gasteiger partial charge in [0.15, 0.2) is 0 Å². The predicted molar refractivity (Wildman–Crippen MR) is 201 cm³/mol. The van der Waals surface area contributed by atoms with Gasteiger partial charge in [-0.1, -0.05) is 122 Å². The quantitative estimate of drug-likeness (QED) is 0.207. The SMILES string of the molecule is C[C@@H]1Cc2c(c3cc(-c4ccccc4)ccc3n2-c2ccc(-c3ccc(C4CN5C=CC=CC5CN4)cc3)cc2)C=C1c1ccccc1. The van der Waals surface area contributed by atoms with E-state index in [0.717, 1.165) is 19.5 Å². The summed E-state index contributed by atoms with van der Waals surface area (Å²) in [4.78, 5) is 2.44. The Balaban J connectivity index is 1.07. The van der Waals surface area contributed by atoms with E-state index in [0.29, 0.717) is 18.0 Å². The van der Waals surface area contributed by atoms with Crippen LogP contribution in [0.2, 0.25) is 0 Å². The van der Waals surface area contributed by atoms with E-state index in [2.05, 4.69) is 180 Å². The maximum Gasteiger partial charge on any atom is 0.0596 e. The fourth-order valence-electron chi connectivity index (χ4n) is 7.96. The van der Waals surface area contributed by atoms with E-state index in [1.54, 1.807) is 0 Å². The molecule has 3 aliphatic rings. The van der Waals surface area contributed by atoms with Gasteiger partial charge < -0.3 is 14.8 Å². The minimum absolute atomic E-state index is 0.336. The van der Waals surface area contributed by atoms with Crippen LogP contribution in [0.1, 0.15) is 35.3 Å². The first-order valence-corrected chi connectivity index (χ1v) is 17.2. The zero-order valence-corrected chi connectivity index (χ0v) is 27.3. The van der Waals surface area contributed by atoms with Crippen molar-refractivity contribution in [1.29, 1.82) is 0 Å². The number of fused-ring (bicyclic) bond motifs is 4. The van der Waals surface area contributed by atoms with Crippen LogP contribution in [0.3, 0.4) is 0 Å². The van der Waals surface area contributed by atoms with Crippen molar-refractivity contribution in [2.75, 3.05) is 13.1 Å². The Morgan fingerprint density at radius 3 is 2.08 bits per heavy atom. The van der Waals surface area contributed by atoms with Crippen LogP contribution in [0.5, 0.6) is 0 Å². The maximum atomic E-state index is 3.75. The smallest absolute Gasteiger partial charge is 0.0596 e. The van der Waals surface area contributed by atoms with Gasteiger partial charge in [0.05, 0.1) is 11.6 Å². The minimum atomic E-state index is 0.336. The molecule has 0 radical (unpaired) electrons. The predicted octanol–water partition coefficient (Wildman–Crippen LogP) is 10.1. The van der Waals surface area contributed by atoms with Crippen molar-refractivity contribution in [3.05, 3.63) is 174 Å². The molecule has 3 atom stereocenters. The highest BCUT2D eigenvalue weighted by Crippen LogP contribution is 2.42. The summed E-state index contributed by atoms with van der Waals surface area (Å²) in [6.45, 7) is 4.33. The number of nitrogens with zero attached hydrogens (tertiary/aromatic N) is 2. The Morgan fingerprint density at radius 2 is 1.33 bits per heavy atom. The summed E-state index contributed by atoms with van der Waals surface area (Å²) in [5.41, 5.74) is 14.3. The van der Waals surface area contributed by atoms with Gasteiger partial charge in [0.2, 0.25) is 0 Å². The van der Waals surface area contributed by atoms with Crippen molar-refractivity contribution < 1.29 is 0 Å². The fourth-order valence-corrected chi connectivity index (χ4v) is 7.96. The first-order chi connectivity index (χ1) is 23.7. The molecule has 1 N–H and O–H groups in total. The van der Waals surface area contributed by atoms with E-state index in [1.807, 2.05) is 0 Å². The highest BCUT2D eigenvalue weighted by atomic mass is 15.2. The standard InChI is InChI=1S/C45H39N3/c1-31-26-45-42(28-40(31)35-12-6-3-7-13-35)41-27-37(32-10-4-2-5-11-32)21-24-44(41)48(45)38-22-19-34(20-23-38)33-15-17-36(18-16-33)43-30-47-25-9-8-14-39(47)29-46-43/h2-25,27-28,31,39,43,46H,26,29-30H2,1H3/t31-,39?,43?/m1/s1. The van der Waals surface area contributed by atoms with Gasteiger partial charge in [0.25, 0.3) is 0 Å². The lowest BCUT2D eigenvalue weighted by Gasteiger charge is -2.40. The Bertz CT molecular complexity index is 2190. The number of hydrogen-bond donors (Lipinski definition) is 1. The third-order valence-electron chi connectivity index (χ3n) is 10.5. The maximum absolute atomic E-state index is 3.75. The van der Waals surface area contributed by atoms with E-state index in [1.165, 1.54) is 66.8 Å². The monoisotopic (exact) mass is 621 g/mol. The summed E-state index contributed by atoms with van der Waals surface area (Å²) < 4.78 is 2.51. The third-order valence-corrected chi connectivity index (χ3v) is 10.5. The topological polar surface area (TPSA) is 20.2 Å². The molecule has 5 aromatic carbocycles. The van der Waals surface area contributed by atoms with Crippen LogP contribution >= 0.6 is 0 Å². The van der Waals surface area contributed by atoms with E-state index in [9.17, 15) is 0 Å². The molecule has 3 heterocycles. The first kappa shape index (κ1) is 28.8. The fraction of sp³-hybridized carbons (Fsp3) is 0.156. The van der Waals surface area contributed by atoms with Crippen molar-refractivity contribution in [3.63, 3.8) is 0 Å². The van der Waals surface area contributed by atoms with E-state index in [-0.39, 0.29) is 0 Å². The Morgan fingerprint density at radius 1 is 0.667 bits per heavy atom. The van der Waals surface area contributed by atoms with Crippen molar-refractivity contribution in [1.82, 2.24) is 14.8 Å². The number of hydrogen-bond acceptors (Lipinski definition) is 2. The molecule has 1 fully saturated rings. The van der Waals surface area contributed by atoms with Gasteiger partial charge in [-0.2, -0.15) is 0 Å². The summed E-state index contributed by atoms with van der Waals surface area (Å²) in [6.07, 6.45) is 12.2. The number of aromatic nitrogens is 1. The van der Waals surface area contributed by atoms with Crippen molar-refractivity contribution in [2.45, 2.75) is 25.4 Å². The zero-order valence-electron chi connectivity index (χ0n) is 27.3. The molecule has 3 heteroatoms. The van der Waals surface area contributed by atoms with E-state index in [4.69, 9.17) is 0 Å². The molecule has 0 amide bonds. The summed E-state index contributed by atoms with van der Waals surface area (Å²) in [5.74, 6) is 0.418. The van der Waals surface area contributed by atoms with Gasteiger partial charge in [0.1, 0.15) is 0 Å². The van der Waals surface area contributed by atoms with Crippen molar-refractivity contribution in [3.8, 4) is 27.9 Å². The molecule has 1 aromatic heterocycles. The van der Waals surface area contributed by atoms with Crippen molar-refractivity contribution >= 4 is 22.6 Å². The van der Waals surface area contributed by atoms with Crippen molar-refractivity contribution in [2.24, 2.45) is 5.92 Å². The average Bonchev–Trinajstić information content (AvgIpc) is 3.47. The van der Waals surface area contributed by atoms with Crippen LogP contribution in [0.25, 0.3) is 50.5 Å². The molecular formula is C45H39N3. The largest absolute Gasteiger partial charge is 0.368 e. The van der Waals surface area contributed by atoms with Gasteiger partial charge in [-0.05, 0) is 93.9 Å². The van der Waals surface area contributed by atoms with Crippen LogP contribution in [-0.4, -0.2) is 28.6 Å². The number of piperazine rings is 1. The average molecular weight is 622 g/mol. The van der Waals surface area contributed by atoms with Crippen LogP contribution < -0.4 is 5.32 Å². The van der Waals surface area contributed by atoms with Gasteiger partial charge in [-0.25, -0.2) is 0 Å². The number of allylic oxidation sites excluding steroid dienone is 3. The molecular weight excluding hydrogens is 583 g/mol. The lowest BCUT2D eigenvalue weighted by molar-refractivity contribution is 0.218. The van der Waals surface area contributed by atoms with E-state index >= 15 is 0 Å². The van der Waals surface area contributed by atoms with Crippen LogP contribution in [0.15, 0.2) is 152 Å². The van der Waals surface area contributed by atoms with Gasteiger partial charge in [0, 0.05) is 41.5 Å². The number of benzene rings is 5. The van der Waals surface area contributed by atoms with Crippen LogP contribution in [-0.2, 0) is 6.42 Å². The molecule has 0 spiro atoms. The number of nitrogens with one attached hydrogen (secondary N) is 1. The van der Waals surface area contributed by atoms with Gasteiger partial charge in [-0.3, -0.25) is 0 Å². The Labute approximate surface area is 283 Å². The first-order valence-electron chi connectivity index (χ1n) is 17.2. The second kappa shape index (κ2) is 12.0. The summed E-state index contributed by atoms with van der Waals surface area (Å²) in [7, 11) is 0. The summed E-state index contributed by atoms with van der Waals surface area (Å²) in [6, 6.07) is 47.7. The normalized spacial score (nSPS) is 20.0. The van der Waals surface area contributed by atoms with Crippen LogP contribution in [0.4, 0.5) is 0 Å². The molecule has 9 rings (SSSR count). The molecule has 1 aliphatic carbocycles. The highest BCUT2D eigenvalue weighted by molar-refractivity contribution is 6.01. The molecule has 2 aliphatic heterocycles. The second-order valence-corrected chi connectivity index (χ2v) is 13.5. The van der Waals surface area contributed by atoms with Gasteiger partial charge >= 0.3 is 0 Å². The molecule has 234 valence electrons. The molecule has 3 nitrogen and oxygen atoms in total. The minimum Gasteiger partial charge on any atom is -0.368 e. The van der Waals surface area contributed by atoms with E-state index < -0.39 is 0 Å². The number of rotatable bonds is 5. The Hall–Kier alpha value is -5.38. The van der Waals surface area contributed by atoms with Crippen LogP contribution in [0, 0.1) is 5.92 Å². The molecule has 48 heavy (non-hydrogen) atoms. The summed E-state index contributed by atoms with van der Waals surface area (Å²) >= 11 is 0. The summed E-state index contributed by atoms with van der Waals surface area (Å²) in [5, 5.41) is 5.06. The second-order valence-electron chi connectivity index (χ2n) is 13.5. The molecule has 1 saturated heterocycles. The highest BCUT2D eigenvalue weighted by Gasteiger charge is 2.27. The molecule has 0 saturated carbocycles. The zero-order chi connectivity index (χ0) is 32.0. The lowest BCUT2D eigenvalue weighted by Crippen LogP contribution is -2.50. The third kappa shape index (κ3) is 5.12. The lowest BCUT2D eigenvalue weighted by atomic mass is 9.83.